The lowest BCUT2D eigenvalue weighted by Crippen LogP contribution is -2.10. The molecule has 0 aliphatic heterocycles. The second-order valence-corrected chi connectivity index (χ2v) is 6.26. The van der Waals surface area contributed by atoms with Gasteiger partial charge in [0, 0.05) is 22.1 Å². The molecule has 132 valence electrons. The van der Waals surface area contributed by atoms with Crippen LogP contribution in [-0.2, 0) is 6.61 Å². The molecular formula is C19H16N2O4S. The summed E-state index contributed by atoms with van der Waals surface area (Å²) in [6, 6.07) is 11.9. The number of carbonyl (C=O) groups is 2. The molecule has 2 N–H and O–H groups in total. The molecule has 0 saturated carbocycles. The summed E-state index contributed by atoms with van der Waals surface area (Å²) >= 11 is 1.48. The van der Waals surface area contributed by atoms with Gasteiger partial charge < -0.3 is 15.2 Å². The third-order valence-corrected chi connectivity index (χ3v) is 4.61. The standard InChI is InChI=1S/C19H16N2O4S/c1-24-17-8-12(9-22)2-7-16(17)25-10-15-11-26-19(21-15)14-5-3-13(4-6-14)18(20)23/h2-9,11H,10H2,1H3,(H2,20,23). The number of nitrogens with two attached hydrogens (primary N) is 1. The number of ether oxygens (including phenoxy) is 2. The van der Waals surface area contributed by atoms with Gasteiger partial charge in [0.25, 0.3) is 0 Å². The quantitative estimate of drug-likeness (QED) is 0.646. The maximum Gasteiger partial charge on any atom is 0.248 e. The Hall–Kier alpha value is -3.19. The van der Waals surface area contributed by atoms with E-state index >= 15 is 0 Å². The van der Waals surface area contributed by atoms with Gasteiger partial charge in [-0.05, 0) is 30.3 Å². The maximum atomic E-state index is 11.1. The van der Waals surface area contributed by atoms with Gasteiger partial charge in [-0.15, -0.1) is 11.3 Å². The molecule has 0 fully saturated rings. The number of nitrogens with zero attached hydrogens (tertiary/aromatic N) is 1. The van der Waals surface area contributed by atoms with Crippen LogP contribution in [0.4, 0.5) is 0 Å². The molecule has 1 heterocycles. The highest BCUT2D eigenvalue weighted by Crippen LogP contribution is 2.29. The molecule has 1 amide bonds. The third kappa shape index (κ3) is 3.89. The van der Waals surface area contributed by atoms with Crippen molar-refractivity contribution < 1.29 is 19.1 Å². The van der Waals surface area contributed by atoms with Crippen LogP contribution >= 0.6 is 11.3 Å². The van der Waals surface area contributed by atoms with Gasteiger partial charge in [-0.1, -0.05) is 12.1 Å². The van der Waals surface area contributed by atoms with Gasteiger partial charge in [0.05, 0.1) is 12.8 Å². The topological polar surface area (TPSA) is 91.5 Å². The molecule has 0 atom stereocenters. The number of primary amides is 1. The smallest absolute Gasteiger partial charge is 0.248 e. The van der Waals surface area contributed by atoms with Crippen molar-refractivity contribution in [3.63, 3.8) is 0 Å². The fourth-order valence-electron chi connectivity index (χ4n) is 2.31. The Morgan fingerprint density at radius 3 is 2.62 bits per heavy atom. The predicted octanol–water partition coefficient (Wildman–Crippen LogP) is 3.31. The van der Waals surface area contributed by atoms with E-state index in [9.17, 15) is 9.59 Å². The first kappa shape index (κ1) is 17.6. The highest BCUT2D eigenvalue weighted by molar-refractivity contribution is 7.13. The van der Waals surface area contributed by atoms with Gasteiger partial charge in [0.1, 0.15) is 17.9 Å². The van der Waals surface area contributed by atoms with E-state index in [1.54, 1.807) is 30.3 Å². The molecule has 0 radical (unpaired) electrons. The van der Waals surface area contributed by atoms with Crippen molar-refractivity contribution in [2.75, 3.05) is 7.11 Å². The molecule has 6 nitrogen and oxygen atoms in total. The predicted molar refractivity (Wildman–Crippen MR) is 98.8 cm³/mol. The van der Waals surface area contributed by atoms with Crippen molar-refractivity contribution in [1.29, 1.82) is 0 Å². The number of thiazole rings is 1. The zero-order valence-corrected chi connectivity index (χ0v) is 14.8. The lowest BCUT2D eigenvalue weighted by molar-refractivity contribution is 0.1000. The normalized spacial score (nSPS) is 10.3. The van der Waals surface area contributed by atoms with Gasteiger partial charge in [0.2, 0.25) is 5.91 Å². The van der Waals surface area contributed by atoms with Gasteiger partial charge in [0.15, 0.2) is 11.5 Å². The number of aldehydes is 1. The summed E-state index contributed by atoms with van der Waals surface area (Å²) in [7, 11) is 1.52. The number of hydrogen-bond acceptors (Lipinski definition) is 6. The molecule has 0 aliphatic rings. The Morgan fingerprint density at radius 1 is 1.19 bits per heavy atom. The molecule has 1 aromatic heterocycles. The van der Waals surface area contributed by atoms with Gasteiger partial charge >= 0.3 is 0 Å². The molecule has 0 spiro atoms. The molecule has 0 aliphatic carbocycles. The molecular weight excluding hydrogens is 352 g/mol. The number of rotatable bonds is 7. The summed E-state index contributed by atoms with van der Waals surface area (Å²) in [5.74, 6) is 0.574. The van der Waals surface area contributed by atoms with Crippen molar-refractivity contribution in [3.8, 4) is 22.1 Å². The molecule has 3 aromatic rings. The Morgan fingerprint density at radius 2 is 1.96 bits per heavy atom. The monoisotopic (exact) mass is 368 g/mol. The van der Waals surface area contributed by atoms with Gasteiger partial charge in [-0.2, -0.15) is 0 Å². The fraction of sp³-hybridized carbons (Fsp3) is 0.105. The Balaban J connectivity index is 1.71. The first-order valence-corrected chi connectivity index (χ1v) is 8.59. The highest BCUT2D eigenvalue weighted by Gasteiger charge is 2.09. The van der Waals surface area contributed by atoms with Crippen molar-refractivity contribution in [1.82, 2.24) is 4.98 Å². The highest BCUT2D eigenvalue weighted by atomic mass is 32.1. The Labute approximate surface area is 154 Å². The summed E-state index contributed by atoms with van der Waals surface area (Å²) < 4.78 is 11.0. The van der Waals surface area contributed by atoms with Crippen LogP contribution in [0.25, 0.3) is 10.6 Å². The van der Waals surface area contributed by atoms with Crippen LogP contribution < -0.4 is 15.2 Å². The second-order valence-electron chi connectivity index (χ2n) is 5.40. The second kappa shape index (κ2) is 7.79. The van der Waals surface area contributed by atoms with Crippen molar-refractivity contribution in [2.45, 2.75) is 6.61 Å². The molecule has 0 saturated heterocycles. The number of benzene rings is 2. The van der Waals surface area contributed by atoms with E-state index < -0.39 is 5.91 Å². The van der Waals surface area contributed by atoms with Gasteiger partial charge in [-0.25, -0.2) is 4.98 Å². The van der Waals surface area contributed by atoms with E-state index in [0.29, 0.717) is 22.6 Å². The lowest BCUT2D eigenvalue weighted by Gasteiger charge is -2.09. The minimum absolute atomic E-state index is 0.271. The first-order chi connectivity index (χ1) is 12.6. The average Bonchev–Trinajstić information content (AvgIpc) is 3.15. The average molecular weight is 368 g/mol. The summed E-state index contributed by atoms with van der Waals surface area (Å²) in [6.45, 7) is 0.271. The minimum Gasteiger partial charge on any atom is -0.493 e. The Kier molecular flexibility index (Phi) is 5.28. The summed E-state index contributed by atoms with van der Waals surface area (Å²) in [5.41, 5.74) is 7.89. The molecule has 26 heavy (non-hydrogen) atoms. The van der Waals surface area contributed by atoms with E-state index in [2.05, 4.69) is 4.98 Å². The van der Waals surface area contributed by atoms with Crippen LogP contribution in [0.2, 0.25) is 0 Å². The molecule has 3 rings (SSSR count). The van der Waals surface area contributed by atoms with Crippen molar-refractivity contribution in [2.24, 2.45) is 5.73 Å². The zero-order valence-electron chi connectivity index (χ0n) is 14.0. The SMILES string of the molecule is COc1cc(C=O)ccc1OCc1csc(-c2ccc(C(N)=O)cc2)n1. The third-order valence-electron chi connectivity index (χ3n) is 3.67. The molecule has 0 unspecified atom stereocenters. The lowest BCUT2D eigenvalue weighted by atomic mass is 10.1. The number of methoxy groups -OCH3 is 1. The summed E-state index contributed by atoms with van der Waals surface area (Å²) in [6.07, 6.45) is 0.752. The van der Waals surface area contributed by atoms with Crippen molar-refractivity contribution >= 4 is 23.5 Å². The van der Waals surface area contributed by atoms with Crippen LogP contribution in [0.5, 0.6) is 11.5 Å². The number of carbonyl (C=O) groups excluding carboxylic acids is 2. The van der Waals surface area contributed by atoms with Crippen LogP contribution in [0.1, 0.15) is 26.4 Å². The largest absolute Gasteiger partial charge is 0.493 e. The van der Waals surface area contributed by atoms with Crippen LogP contribution in [-0.4, -0.2) is 24.3 Å². The zero-order chi connectivity index (χ0) is 18.5. The van der Waals surface area contributed by atoms with E-state index in [4.69, 9.17) is 15.2 Å². The Bertz CT molecular complexity index is 935. The fourth-order valence-corrected chi connectivity index (χ4v) is 3.12. The van der Waals surface area contributed by atoms with Gasteiger partial charge in [-0.3, -0.25) is 9.59 Å². The van der Waals surface area contributed by atoms with E-state index in [1.807, 2.05) is 17.5 Å². The number of hydrogen-bond donors (Lipinski definition) is 1. The summed E-state index contributed by atoms with van der Waals surface area (Å²) in [5, 5.41) is 2.73. The van der Waals surface area contributed by atoms with E-state index in [0.717, 1.165) is 22.6 Å². The van der Waals surface area contributed by atoms with Crippen LogP contribution in [0.3, 0.4) is 0 Å². The van der Waals surface area contributed by atoms with Crippen LogP contribution in [0, 0.1) is 0 Å². The minimum atomic E-state index is -0.459. The van der Waals surface area contributed by atoms with Crippen LogP contribution in [0.15, 0.2) is 47.8 Å². The number of aromatic nitrogens is 1. The molecule has 0 bridgehead atoms. The summed E-state index contributed by atoms with van der Waals surface area (Å²) in [4.78, 5) is 26.5. The van der Waals surface area contributed by atoms with E-state index in [-0.39, 0.29) is 6.61 Å². The first-order valence-electron chi connectivity index (χ1n) is 7.71. The van der Waals surface area contributed by atoms with E-state index in [1.165, 1.54) is 18.4 Å². The van der Waals surface area contributed by atoms with Crippen molar-refractivity contribution in [3.05, 3.63) is 64.7 Å². The maximum absolute atomic E-state index is 11.1. The number of amides is 1. The molecule has 2 aromatic carbocycles. The molecule has 7 heteroatoms.